The summed E-state index contributed by atoms with van der Waals surface area (Å²) in [5, 5.41) is 20.3. The maximum atomic E-state index is 10.3. The molecule has 0 amide bonds. The van der Waals surface area contributed by atoms with E-state index in [1.807, 2.05) is 0 Å². The monoisotopic (exact) mass is 537 g/mol. The van der Waals surface area contributed by atoms with Crippen LogP contribution in [0.4, 0.5) is 17.1 Å². The summed E-state index contributed by atoms with van der Waals surface area (Å²) in [4.78, 5) is 23.2. The van der Waals surface area contributed by atoms with E-state index >= 15 is 0 Å². The second-order valence-corrected chi connectivity index (χ2v) is 4.78. The van der Waals surface area contributed by atoms with Crippen molar-refractivity contribution in [1.29, 1.82) is 0 Å². The van der Waals surface area contributed by atoms with Gasteiger partial charge in [0.2, 0.25) is 0 Å². The zero-order chi connectivity index (χ0) is 16.5. The Morgan fingerprint density at radius 3 is 1.61 bits per heavy atom. The van der Waals surface area contributed by atoms with Gasteiger partial charge in [0.05, 0.1) is 15.5 Å². The molecule has 0 unspecified atom stereocenters. The van der Waals surface area contributed by atoms with Gasteiger partial charge >= 0.3 is 27.7 Å². The molecule has 0 atom stereocenters. The van der Waals surface area contributed by atoms with Crippen molar-refractivity contribution >= 4 is 46.7 Å². The Morgan fingerprint density at radius 2 is 1.26 bits per heavy atom. The molecule has 0 aromatic heterocycles. The summed E-state index contributed by atoms with van der Waals surface area (Å²) in [5.41, 5.74) is 0.692. The Labute approximate surface area is 163 Å². The molecular formula is C13H9HgN3O4S2. The first kappa shape index (κ1) is 21.3. The van der Waals surface area contributed by atoms with Crippen molar-refractivity contribution < 1.29 is 37.5 Å². The molecule has 114 valence electrons. The van der Waals surface area contributed by atoms with Crippen LogP contribution in [-0.2, 0) is 52.9 Å². The second-order valence-electron chi connectivity index (χ2n) is 3.74. The summed E-state index contributed by atoms with van der Waals surface area (Å²) in [6.07, 6.45) is 0. The van der Waals surface area contributed by atoms with Gasteiger partial charge in [0.1, 0.15) is 0 Å². The first-order valence-corrected chi connectivity index (χ1v) is 6.58. The summed E-state index contributed by atoms with van der Waals surface area (Å²) >= 11 is 9.15. The standard InChI is InChI=1S/C7H6N2O2S2.C6H5NO2.Hg/c10-9(11)6-3-1-5(2-4-6)8-7(12)13;8-7(9)6-4-2-1-3-5-6;/h1-4H,(H2,8,12,13);1-5H;/q;;+2/p-2. The molecule has 0 aliphatic heterocycles. The molecule has 0 aliphatic carbocycles. The molecule has 23 heavy (non-hydrogen) atoms. The quantitative estimate of drug-likeness (QED) is 0.149. The molecule has 0 aliphatic rings. The Balaban J connectivity index is 0.000000427. The predicted molar refractivity (Wildman–Crippen MR) is 88.0 cm³/mol. The summed E-state index contributed by atoms with van der Waals surface area (Å²) in [6.45, 7) is 0. The van der Waals surface area contributed by atoms with Crippen molar-refractivity contribution in [2.24, 2.45) is 4.99 Å². The number of rotatable bonds is 3. The van der Waals surface area contributed by atoms with Crippen LogP contribution in [0.1, 0.15) is 0 Å². The molecule has 0 heterocycles. The maximum Gasteiger partial charge on any atom is 2.00 e. The van der Waals surface area contributed by atoms with Gasteiger partial charge in [-0.25, -0.2) is 4.38 Å². The molecule has 0 radical (unpaired) electrons. The Hall–Kier alpha value is -1.71. The third kappa shape index (κ3) is 8.48. The molecule has 2 rings (SSSR count). The molecule has 0 saturated carbocycles. The topological polar surface area (TPSA) is 98.6 Å². The first-order chi connectivity index (χ1) is 10.4. The number of nitro benzene ring substituents is 2. The summed E-state index contributed by atoms with van der Waals surface area (Å²) in [5.74, 6) is 0. The predicted octanol–water partition coefficient (Wildman–Crippen LogP) is 3.27. The van der Waals surface area contributed by atoms with Crippen molar-refractivity contribution in [1.82, 2.24) is 0 Å². The van der Waals surface area contributed by atoms with E-state index in [0.717, 1.165) is 0 Å². The number of nitrogens with zero attached hydrogens (tertiary/aromatic N) is 3. The van der Waals surface area contributed by atoms with Gasteiger partial charge in [-0.15, -0.1) is 0 Å². The van der Waals surface area contributed by atoms with E-state index in [2.05, 4.69) is 30.2 Å². The van der Waals surface area contributed by atoms with Crippen molar-refractivity contribution in [2.75, 3.05) is 0 Å². The fraction of sp³-hybridized carbons (Fsp3) is 0. The molecule has 0 N–H and O–H groups in total. The van der Waals surface area contributed by atoms with Gasteiger partial charge < -0.3 is 30.2 Å². The van der Waals surface area contributed by atoms with Crippen molar-refractivity contribution in [3.8, 4) is 0 Å². The van der Waals surface area contributed by atoms with E-state index in [1.54, 1.807) is 18.2 Å². The normalized spacial score (nSPS) is 8.70. The zero-order valence-electron chi connectivity index (χ0n) is 11.7. The number of aliphatic imine (C=N–C) groups is 1. The molecule has 0 fully saturated rings. The van der Waals surface area contributed by atoms with Gasteiger partial charge in [0.25, 0.3) is 11.4 Å². The number of nitro groups is 2. The van der Waals surface area contributed by atoms with Crippen molar-refractivity contribution in [3.63, 3.8) is 0 Å². The van der Waals surface area contributed by atoms with Crippen LogP contribution in [0, 0.1) is 20.2 Å². The summed E-state index contributed by atoms with van der Waals surface area (Å²) < 4.78 is 0.0915. The minimum absolute atomic E-state index is 0. The van der Waals surface area contributed by atoms with Crippen molar-refractivity contribution in [3.05, 3.63) is 74.8 Å². The van der Waals surface area contributed by atoms with Crippen LogP contribution in [0.25, 0.3) is 0 Å². The number of hydrogen-bond donors (Lipinski definition) is 0. The molecule has 2 aromatic carbocycles. The van der Waals surface area contributed by atoms with E-state index in [4.69, 9.17) is 0 Å². The molecule has 0 spiro atoms. The van der Waals surface area contributed by atoms with Gasteiger partial charge in [-0.3, -0.25) is 20.2 Å². The second kappa shape index (κ2) is 10.9. The van der Waals surface area contributed by atoms with Crippen LogP contribution in [-0.4, -0.2) is 14.2 Å². The number of hydrogen-bond acceptors (Lipinski definition) is 7. The average molecular weight is 536 g/mol. The van der Waals surface area contributed by atoms with E-state index in [-0.39, 0.29) is 43.4 Å². The van der Waals surface area contributed by atoms with Crippen LogP contribution in [0.15, 0.2) is 59.6 Å². The summed E-state index contributed by atoms with van der Waals surface area (Å²) in [6, 6.07) is 13.6. The summed E-state index contributed by atoms with van der Waals surface area (Å²) in [7, 11) is 0. The van der Waals surface area contributed by atoms with Crippen LogP contribution in [0.5, 0.6) is 0 Å². The fourth-order valence-corrected chi connectivity index (χ4v) is 1.51. The molecule has 0 bridgehead atoms. The van der Waals surface area contributed by atoms with Gasteiger partial charge in [0, 0.05) is 24.3 Å². The van der Waals surface area contributed by atoms with Crippen LogP contribution in [0.2, 0.25) is 0 Å². The van der Waals surface area contributed by atoms with E-state index in [0.29, 0.717) is 5.69 Å². The van der Waals surface area contributed by atoms with Crippen LogP contribution >= 0.6 is 0 Å². The zero-order valence-corrected chi connectivity index (χ0v) is 18.8. The minimum atomic E-state index is -0.476. The maximum absolute atomic E-state index is 10.3. The Morgan fingerprint density at radius 1 is 0.826 bits per heavy atom. The minimum Gasteiger partial charge on any atom is -0.788 e. The molecule has 2 aromatic rings. The first-order valence-electron chi connectivity index (χ1n) is 5.77. The largest absolute Gasteiger partial charge is 2.00 e. The van der Waals surface area contributed by atoms with Crippen LogP contribution < -0.4 is 0 Å². The molecular weight excluding hydrogens is 527 g/mol. The SMILES string of the molecule is O=[N+]([O-])c1ccc(N=C([S-])[S-])cc1.O=[N+]([O-])c1ccccc1.[Hg+2]. The molecule has 7 nitrogen and oxygen atoms in total. The van der Waals surface area contributed by atoms with Gasteiger partial charge in [-0.1, -0.05) is 18.2 Å². The Kier molecular flexibility index (Phi) is 10.1. The number of non-ortho nitro benzene ring substituents is 2. The van der Waals surface area contributed by atoms with E-state index in [1.165, 1.54) is 36.4 Å². The van der Waals surface area contributed by atoms with Crippen LogP contribution in [0.3, 0.4) is 0 Å². The smallest absolute Gasteiger partial charge is 0.788 e. The third-order valence-electron chi connectivity index (χ3n) is 2.25. The Bertz CT molecular complexity index is 677. The number of benzene rings is 2. The average Bonchev–Trinajstić information content (AvgIpc) is 2.48. The van der Waals surface area contributed by atoms with Gasteiger partial charge in [0.15, 0.2) is 0 Å². The fourth-order valence-electron chi connectivity index (χ4n) is 1.30. The van der Waals surface area contributed by atoms with E-state index in [9.17, 15) is 20.2 Å². The molecule has 10 heteroatoms. The van der Waals surface area contributed by atoms with Gasteiger partial charge in [-0.05, 0) is 12.1 Å². The molecule has 0 saturated heterocycles. The van der Waals surface area contributed by atoms with E-state index < -0.39 is 9.85 Å². The number of para-hydroxylation sites is 1. The van der Waals surface area contributed by atoms with Crippen molar-refractivity contribution in [2.45, 2.75) is 0 Å². The third-order valence-corrected chi connectivity index (χ3v) is 2.43. The van der Waals surface area contributed by atoms with Gasteiger partial charge in [-0.2, -0.15) is 0 Å².